The van der Waals surface area contributed by atoms with Crippen molar-refractivity contribution in [2.75, 3.05) is 5.32 Å². The lowest BCUT2D eigenvalue weighted by Crippen LogP contribution is -2.19. The SMILES string of the molecule is O=C(O)C1C=CC(Nc2ccc(Cl)nn2)C1. The predicted octanol–water partition coefficient (Wildman–Crippen LogP) is 1.57. The number of hydrogen-bond acceptors (Lipinski definition) is 4. The van der Waals surface area contributed by atoms with E-state index in [1.54, 1.807) is 18.2 Å². The number of carboxylic acid groups (broad SMARTS) is 1. The van der Waals surface area contributed by atoms with E-state index in [9.17, 15) is 4.79 Å². The Morgan fingerprint density at radius 1 is 1.44 bits per heavy atom. The highest BCUT2D eigenvalue weighted by molar-refractivity contribution is 6.29. The van der Waals surface area contributed by atoms with Gasteiger partial charge in [-0.05, 0) is 18.6 Å². The molecule has 0 aromatic carbocycles. The number of nitrogens with one attached hydrogen (secondary N) is 1. The van der Waals surface area contributed by atoms with Crippen LogP contribution in [0.2, 0.25) is 5.15 Å². The molecule has 0 aliphatic heterocycles. The van der Waals surface area contributed by atoms with E-state index >= 15 is 0 Å². The van der Waals surface area contributed by atoms with E-state index in [2.05, 4.69) is 15.5 Å². The summed E-state index contributed by atoms with van der Waals surface area (Å²) >= 11 is 5.60. The third-order valence-corrected chi connectivity index (χ3v) is 2.57. The number of anilines is 1. The van der Waals surface area contributed by atoms with E-state index in [1.165, 1.54) is 0 Å². The van der Waals surface area contributed by atoms with Gasteiger partial charge < -0.3 is 10.4 Å². The smallest absolute Gasteiger partial charge is 0.310 e. The standard InChI is InChI=1S/C10H10ClN3O2/c11-8-3-4-9(14-13-8)12-7-2-1-6(5-7)10(15)16/h1-4,6-7H,5H2,(H,12,14)(H,15,16). The minimum Gasteiger partial charge on any atom is -0.481 e. The molecule has 1 aliphatic carbocycles. The largest absolute Gasteiger partial charge is 0.481 e. The summed E-state index contributed by atoms with van der Waals surface area (Å²) in [5.74, 6) is -0.634. The molecule has 1 heterocycles. The molecule has 2 atom stereocenters. The maximum Gasteiger partial charge on any atom is 0.310 e. The summed E-state index contributed by atoms with van der Waals surface area (Å²) in [6.45, 7) is 0. The number of aromatic nitrogens is 2. The Hall–Kier alpha value is -1.62. The maximum atomic E-state index is 10.7. The Bertz CT molecular complexity index is 419. The third kappa shape index (κ3) is 2.49. The molecule has 0 saturated carbocycles. The first kappa shape index (κ1) is 10.9. The van der Waals surface area contributed by atoms with Crippen LogP contribution in [0, 0.1) is 5.92 Å². The molecule has 84 valence electrons. The highest BCUT2D eigenvalue weighted by atomic mass is 35.5. The van der Waals surface area contributed by atoms with Crippen molar-refractivity contribution >= 4 is 23.4 Å². The van der Waals surface area contributed by atoms with Crippen LogP contribution >= 0.6 is 11.6 Å². The summed E-state index contributed by atoms with van der Waals surface area (Å²) in [6, 6.07) is 3.32. The summed E-state index contributed by atoms with van der Waals surface area (Å²) in [7, 11) is 0. The van der Waals surface area contributed by atoms with Crippen LogP contribution in [0.1, 0.15) is 6.42 Å². The van der Waals surface area contributed by atoms with Crippen molar-refractivity contribution in [1.82, 2.24) is 10.2 Å². The van der Waals surface area contributed by atoms with Crippen LogP contribution < -0.4 is 5.32 Å². The summed E-state index contributed by atoms with van der Waals surface area (Å²) in [5, 5.41) is 19.7. The highest BCUT2D eigenvalue weighted by Crippen LogP contribution is 2.20. The molecule has 0 amide bonds. The highest BCUT2D eigenvalue weighted by Gasteiger charge is 2.24. The summed E-state index contributed by atoms with van der Waals surface area (Å²) in [4.78, 5) is 10.7. The first-order chi connectivity index (χ1) is 7.65. The molecule has 5 nitrogen and oxygen atoms in total. The Labute approximate surface area is 97.1 Å². The molecule has 0 bridgehead atoms. The number of halogens is 1. The van der Waals surface area contributed by atoms with Gasteiger partial charge in [0.05, 0.1) is 5.92 Å². The lowest BCUT2D eigenvalue weighted by Gasteiger charge is -2.11. The summed E-state index contributed by atoms with van der Waals surface area (Å²) in [6.07, 6.45) is 4.04. The second kappa shape index (κ2) is 4.49. The number of hydrogen-bond donors (Lipinski definition) is 2. The Balaban J connectivity index is 1.95. The topological polar surface area (TPSA) is 75.1 Å². The quantitative estimate of drug-likeness (QED) is 0.784. The molecule has 1 aromatic rings. The van der Waals surface area contributed by atoms with Crippen LogP contribution in [0.5, 0.6) is 0 Å². The molecular weight excluding hydrogens is 230 g/mol. The molecule has 16 heavy (non-hydrogen) atoms. The molecule has 1 aliphatic rings. The second-order valence-corrected chi connectivity index (χ2v) is 3.94. The number of carbonyl (C=O) groups is 1. The first-order valence-electron chi connectivity index (χ1n) is 4.82. The lowest BCUT2D eigenvalue weighted by molar-refractivity contribution is -0.140. The van der Waals surface area contributed by atoms with Gasteiger partial charge in [0.1, 0.15) is 5.82 Å². The van der Waals surface area contributed by atoms with Gasteiger partial charge in [-0.2, -0.15) is 0 Å². The molecule has 2 unspecified atom stereocenters. The van der Waals surface area contributed by atoms with Crippen LogP contribution in [0.15, 0.2) is 24.3 Å². The van der Waals surface area contributed by atoms with Crippen molar-refractivity contribution in [1.29, 1.82) is 0 Å². The predicted molar refractivity (Wildman–Crippen MR) is 59.3 cm³/mol. The molecule has 0 radical (unpaired) electrons. The van der Waals surface area contributed by atoms with Crippen molar-refractivity contribution in [3.63, 3.8) is 0 Å². The fourth-order valence-corrected chi connectivity index (χ4v) is 1.67. The molecular formula is C10H10ClN3O2. The number of carboxylic acids is 1. The third-order valence-electron chi connectivity index (χ3n) is 2.37. The number of nitrogens with zero attached hydrogens (tertiary/aromatic N) is 2. The zero-order valence-electron chi connectivity index (χ0n) is 8.30. The molecule has 0 fully saturated rings. The Morgan fingerprint density at radius 3 is 2.81 bits per heavy atom. The molecule has 6 heteroatoms. The van der Waals surface area contributed by atoms with Gasteiger partial charge in [-0.3, -0.25) is 4.79 Å². The van der Waals surface area contributed by atoms with E-state index in [1.807, 2.05) is 6.08 Å². The van der Waals surface area contributed by atoms with Gasteiger partial charge in [0.25, 0.3) is 0 Å². The van der Waals surface area contributed by atoms with E-state index < -0.39 is 11.9 Å². The molecule has 0 saturated heterocycles. The minimum atomic E-state index is -0.803. The number of aliphatic carboxylic acids is 1. The molecule has 1 aromatic heterocycles. The fraction of sp³-hybridized carbons (Fsp3) is 0.300. The monoisotopic (exact) mass is 239 g/mol. The Morgan fingerprint density at radius 2 is 2.25 bits per heavy atom. The van der Waals surface area contributed by atoms with Crippen LogP contribution in [0.25, 0.3) is 0 Å². The van der Waals surface area contributed by atoms with Crippen molar-refractivity contribution in [2.45, 2.75) is 12.5 Å². The van der Waals surface area contributed by atoms with Crippen molar-refractivity contribution in [3.8, 4) is 0 Å². The zero-order valence-corrected chi connectivity index (χ0v) is 9.05. The molecule has 2 rings (SSSR count). The first-order valence-corrected chi connectivity index (χ1v) is 5.20. The van der Waals surface area contributed by atoms with Gasteiger partial charge >= 0.3 is 5.97 Å². The molecule has 0 spiro atoms. The fourth-order valence-electron chi connectivity index (χ4n) is 1.57. The van der Waals surface area contributed by atoms with Crippen LogP contribution in [-0.2, 0) is 4.79 Å². The second-order valence-electron chi connectivity index (χ2n) is 3.56. The summed E-state index contributed by atoms with van der Waals surface area (Å²) in [5.41, 5.74) is 0. The summed E-state index contributed by atoms with van der Waals surface area (Å²) < 4.78 is 0. The van der Waals surface area contributed by atoms with Gasteiger partial charge in [-0.1, -0.05) is 23.8 Å². The van der Waals surface area contributed by atoms with E-state index in [-0.39, 0.29) is 6.04 Å². The normalized spacial score (nSPS) is 23.3. The maximum absolute atomic E-state index is 10.7. The van der Waals surface area contributed by atoms with E-state index in [0.29, 0.717) is 17.4 Å². The van der Waals surface area contributed by atoms with Crippen LogP contribution in [-0.4, -0.2) is 27.3 Å². The zero-order chi connectivity index (χ0) is 11.5. The lowest BCUT2D eigenvalue weighted by atomic mass is 10.1. The van der Waals surface area contributed by atoms with Crippen molar-refractivity contribution < 1.29 is 9.90 Å². The van der Waals surface area contributed by atoms with Gasteiger partial charge in [0.2, 0.25) is 0 Å². The van der Waals surface area contributed by atoms with Gasteiger partial charge in [-0.25, -0.2) is 0 Å². The van der Waals surface area contributed by atoms with E-state index in [4.69, 9.17) is 16.7 Å². The molecule has 2 N–H and O–H groups in total. The minimum absolute atomic E-state index is 0.0171. The van der Waals surface area contributed by atoms with Crippen molar-refractivity contribution in [2.24, 2.45) is 5.92 Å². The Kier molecular flexibility index (Phi) is 3.05. The van der Waals surface area contributed by atoms with Crippen LogP contribution in [0.4, 0.5) is 5.82 Å². The van der Waals surface area contributed by atoms with Crippen LogP contribution in [0.3, 0.4) is 0 Å². The van der Waals surface area contributed by atoms with E-state index in [0.717, 1.165) is 0 Å². The van der Waals surface area contributed by atoms with Gasteiger partial charge in [0, 0.05) is 6.04 Å². The average Bonchev–Trinajstić information content (AvgIpc) is 2.70. The van der Waals surface area contributed by atoms with Crippen molar-refractivity contribution in [3.05, 3.63) is 29.4 Å². The van der Waals surface area contributed by atoms with Gasteiger partial charge in [-0.15, -0.1) is 10.2 Å². The van der Waals surface area contributed by atoms with Gasteiger partial charge in [0.15, 0.2) is 5.15 Å². The number of rotatable bonds is 3. The average molecular weight is 240 g/mol.